The summed E-state index contributed by atoms with van der Waals surface area (Å²) < 4.78 is 8.71. The molecule has 144 valence electrons. The van der Waals surface area contributed by atoms with E-state index in [1.165, 1.54) is 42.4 Å². The maximum absolute atomic E-state index is 5.29. The number of rotatable bonds is 5. The topological polar surface area (TPSA) is 52.0 Å². The predicted molar refractivity (Wildman–Crippen MR) is 116 cm³/mol. The highest BCUT2D eigenvalue weighted by Crippen LogP contribution is 2.30. The second-order valence-corrected chi connectivity index (χ2v) is 8.56. The van der Waals surface area contributed by atoms with E-state index >= 15 is 0 Å². The van der Waals surface area contributed by atoms with E-state index in [4.69, 9.17) is 9.72 Å². The quantitative estimate of drug-likeness (QED) is 0.491. The Morgan fingerprint density at radius 2 is 2.00 bits per heavy atom. The number of benzene rings is 2. The van der Waals surface area contributed by atoms with E-state index in [2.05, 4.69) is 39.1 Å². The smallest absolute Gasteiger partial charge is 0.184 e. The van der Waals surface area contributed by atoms with Crippen molar-refractivity contribution in [3.63, 3.8) is 0 Å². The Morgan fingerprint density at radius 1 is 1.11 bits per heavy atom. The zero-order valence-corrected chi connectivity index (χ0v) is 16.8. The molecule has 0 spiro atoms. The Bertz CT molecular complexity index is 1110. The summed E-state index contributed by atoms with van der Waals surface area (Å²) in [6, 6.07) is 13.2. The number of hydrogen-bond acceptors (Lipinski definition) is 5. The van der Waals surface area contributed by atoms with Gasteiger partial charge in [-0.3, -0.25) is 0 Å². The van der Waals surface area contributed by atoms with Gasteiger partial charge in [-0.25, -0.2) is 9.97 Å². The van der Waals surface area contributed by atoms with Crippen molar-refractivity contribution in [3.8, 4) is 5.75 Å². The van der Waals surface area contributed by atoms with Gasteiger partial charge in [0.15, 0.2) is 5.13 Å². The van der Waals surface area contributed by atoms with Crippen LogP contribution in [0.3, 0.4) is 0 Å². The molecule has 4 aromatic rings. The minimum absolute atomic E-state index is 0.586. The molecule has 1 aliphatic rings. The van der Waals surface area contributed by atoms with Crippen LogP contribution in [0.2, 0.25) is 0 Å². The van der Waals surface area contributed by atoms with E-state index in [9.17, 15) is 0 Å². The van der Waals surface area contributed by atoms with Gasteiger partial charge in [-0.2, -0.15) is 0 Å². The Morgan fingerprint density at radius 3 is 2.86 bits per heavy atom. The molecule has 0 saturated heterocycles. The van der Waals surface area contributed by atoms with Gasteiger partial charge in [0, 0.05) is 18.7 Å². The lowest BCUT2D eigenvalue weighted by Crippen LogP contribution is -2.21. The maximum Gasteiger partial charge on any atom is 0.184 e. The Hall–Kier alpha value is -2.60. The number of thiazole rings is 1. The van der Waals surface area contributed by atoms with Crippen molar-refractivity contribution in [2.45, 2.75) is 44.7 Å². The molecule has 2 aromatic heterocycles. The molecule has 0 unspecified atom stereocenters. The van der Waals surface area contributed by atoms with Crippen LogP contribution in [-0.2, 0) is 6.54 Å². The molecule has 0 aliphatic heterocycles. The number of nitrogens with zero attached hydrogens (tertiary/aromatic N) is 3. The van der Waals surface area contributed by atoms with Crippen LogP contribution in [0.5, 0.6) is 5.75 Å². The van der Waals surface area contributed by atoms with Gasteiger partial charge in [-0.1, -0.05) is 36.7 Å². The molecule has 1 aliphatic carbocycles. The predicted octanol–water partition coefficient (Wildman–Crippen LogP) is 5.45. The van der Waals surface area contributed by atoms with Gasteiger partial charge >= 0.3 is 0 Å². The van der Waals surface area contributed by atoms with Crippen LogP contribution in [0.1, 0.15) is 37.7 Å². The fourth-order valence-electron chi connectivity index (χ4n) is 4.04. The second-order valence-electron chi connectivity index (χ2n) is 7.53. The number of methoxy groups -OCH3 is 1. The highest BCUT2D eigenvalue weighted by molar-refractivity contribution is 7.22. The van der Waals surface area contributed by atoms with Crippen molar-refractivity contribution in [3.05, 3.63) is 48.3 Å². The van der Waals surface area contributed by atoms with Gasteiger partial charge in [0.1, 0.15) is 5.75 Å². The van der Waals surface area contributed by atoms with Crippen LogP contribution in [0.15, 0.2) is 42.7 Å². The van der Waals surface area contributed by atoms with E-state index in [1.54, 1.807) is 18.4 Å². The molecule has 6 heteroatoms. The number of fused-ring (bicyclic) bond motifs is 2. The standard InChI is InChI=1S/C22H24N4OS/c1-27-17-8-10-20-19(12-17)23-14-26(20)13-15-7-9-18-21(11-15)28-22(25-18)24-16-5-3-2-4-6-16/h7-12,14,16H,2-6,13H2,1H3,(H,24,25). The summed E-state index contributed by atoms with van der Waals surface area (Å²) in [6.45, 7) is 0.794. The van der Waals surface area contributed by atoms with Crippen LogP contribution in [0, 0.1) is 0 Å². The zero-order valence-electron chi connectivity index (χ0n) is 16.0. The van der Waals surface area contributed by atoms with E-state index in [1.807, 2.05) is 18.5 Å². The molecule has 2 aromatic carbocycles. The van der Waals surface area contributed by atoms with Crippen molar-refractivity contribution in [1.29, 1.82) is 0 Å². The Balaban J connectivity index is 1.37. The molecule has 1 saturated carbocycles. The molecule has 2 heterocycles. The molecule has 1 N–H and O–H groups in total. The fraction of sp³-hybridized carbons (Fsp3) is 0.364. The summed E-state index contributed by atoms with van der Waals surface area (Å²) in [5.74, 6) is 0.835. The monoisotopic (exact) mass is 392 g/mol. The number of hydrogen-bond donors (Lipinski definition) is 1. The molecule has 0 bridgehead atoms. The summed E-state index contributed by atoms with van der Waals surface area (Å²) in [4.78, 5) is 9.31. The van der Waals surface area contributed by atoms with Crippen molar-refractivity contribution in [1.82, 2.24) is 14.5 Å². The van der Waals surface area contributed by atoms with Crippen LogP contribution in [0.4, 0.5) is 5.13 Å². The molecule has 28 heavy (non-hydrogen) atoms. The van der Waals surface area contributed by atoms with Gasteiger partial charge in [-0.05, 0) is 42.7 Å². The van der Waals surface area contributed by atoms with Crippen molar-refractivity contribution in [2.24, 2.45) is 0 Å². The number of anilines is 1. The summed E-state index contributed by atoms with van der Waals surface area (Å²) >= 11 is 1.76. The first-order chi connectivity index (χ1) is 13.8. The lowest BCUT2D eigenvalue weighted by molar-refractivity contribution is 0.415. The van der Waals surface area contributed by atoms with E-state index in [-0.39, 0.29) is 0 Å². The van der Waals surface area contributed by atoms with Crippen LogP contribution in [-0.4, -0.2) is 27.7 Å². The van der Waals surface area contributed by atoms with E-state index in [0.29, 0.717) is 6.04 Å². The van der Waals surface area contributed by atoms with Crippen molar-refractivity contribution < 1.29 is 4.74 Å². The zero-order chi connectivity index (χ0) is 18.9. The third-order valence-corrected chi connectivity index (χ3v) is 6.52. The van der Waals surface area contributed by atoms with Crippen LogP contribution >= 0.6 is 11.3 Å². The van der Waals surface area contributed by atoms with Gasteiger partial charge in [0.05, 0.1) is 34.7 Å². The Kier molecular flexibility index (Phi) is 4.64. The molecule has 0 radical (unpaired) electrons. The average Bonchev–Trinajstić information content (AvgIpc) is 3.31. The molecule has 0 amide bonds. The highest BCUT2D eigenvalue weighted by Gasteiger charge is 2.15. The lowest BCUT2D eigenvalue weighted by atomic mass is 9.96. The van der Waals surface area contributed by atoms with Gasteiger partial charge < -0.3 is 14.6 Å². The molecular weight excluding hydrogens is 368 g/mol. The summed E-state index contributed by atoms with van der Waals surface area (Å²) in [7, 11) is 1.68. The average molecular weight is 393 g/mol. The molecular formula is C22H24N4OS. The van der Waals surface area contributed by atoms with Gasteiger partial charge in [0.25, 0.3) is 0 Å². The Labute approximate surface area is 168 Å². The van der Waals surface area contributed by atoms with Gasteiger partial charge in [0.2, 0.25) is 0 Å². The minimum atomic E-state index is 0.586. The molecule has 5 nitrogen and oxygen atoms in total. The fourth-order valence-corrected chi connectivity index (χ4v) is 5.05. The first kappa shape index (κ1) is 17.5. The van der Waals surface area contributed by atoms with Crippen molar-refractivity contribution >= 4 is 37.7 Å². The number of aromatic nitrogens is 3. The first-order valence-corrected chi connectivity index (χ1v) is 10.7. The lowest BCUT2D eigenvalue weighted by Gasteiger charge is -2.22. The largest absolute Gasteiger partial charge is 0.497 e. The maximum atomic E-state index is 5.29. The highest BCUT2D eigenvalue weighted by atomic mass is 32.1. The van der Waals surface area contributed by atoms with Crippen LogP contribution < -0.4 is 10.1 Å². The summed E-state index contributed by atoms with van der Waals surface area (Å²) in [5.41, 5.74) is 4.41. The number of ether oxygens (including phenoxy) is 1. The van der Waals surface area contributed by atoms with E-state index in [0.717, 1.165) is 34.0 Å². The molecule has 5 rings (SSSR count). The normalized spacial score (nSPS) is 15.3. The summed E-state index contributed by atoms with van der Waals surface area (Å²) in [5, 5.41) is 4.71. The van der Waals surface area contributed by atoms with Gasteiger partial charge in [-0.15, -0.1) is 0 Å². The second kappa shape index (κ2) is 7.43. The van der Waals surface area contributed by atoms with Crippen LogP contribution in [0.25, 0.3) is 21.3 Å². The first-order valence-electron chi connectivity index (χ1n) is 9.93. The van der Waals surface area contributed by atoms with Crippen molar-refractivity contribution in [2.75, 3.05) is 12.4 Å². The number of imidazole rings is 1. The third-order valence-electron chi connectivity index (χ3n) is 5.57. The molecule has 1 fully saturated rings. The third kappa shape index (κ3) is 3.44. The molecule has 0 atom stereocenters. The SMILES string of the molecule is COc1ccc2c(c1)ncn2Cc1ccc2nc(NC3CCCCC3)sc2c1. The summed E-state index contributed by atoms with van der Waals surface area (Å²) in [6.07, 6.45) is 8.46. The number of nitrogens with one attached hydrogen (secondary N) is 1. The van der Waals surface area contributed by atoms with E-state index < -0.39 is 0 Å². The minimum Gasteiger partial charge on any atom is -0.497 e.